The molecule has 0 aromatic heterocycles. The maximum atomic E-state index is 12.5. The summed E-state index contributed by atoms with van der Waals surface area (Å²) in [6.07, 6.45) is 1.38. The Morgan fingerprint density at radius 1 is 1.00 bits per heavy atom. The Hall–Kier alpha value is -2.86. The third kappa shape index (κ3) is 5.10. The molecule has 1 heterocycles. The molecule has 28 heavy (non-hydrogen) atoms. The van der Waals surface area contributed by atoms with Crippen LogP contribution in [-0.2, 0) is 4.79 Å². The van der Waals surface area contributed by atoms with Crippen LogP contribution in [0.5, 0.6) is 0 Å². The Morgan fingerprint density at radius 2 is 1.68 bits per heavy atom. The van der Waals surface area contributed by atoms with Gasteiger partial charge in [0.05, 0.1) is 0 Å². The number of amides is 3. The third-order valence-corrected chi connectivity index (χ3v) is 4.91. The largest absolute Gasteiger partial charge is 0.349 e. The van der Waals surface area contributed by atoms with E-state index >= 15 is 0 Å². The molecule has 2 aromatic rings. The number of hydrogen-bond acceptors (Lipinski definition) is 3. The molecule has 146 valence electrons. The van der Waals surface area contributed by atoms with Crippen molar-refractivity contribution >= 4 is 35.0 Å². The van der Waals surface area contributed by atoms with Gasteiger partial charge < -0.3 is 15.5 Å². The van der Waals surface area contributed by atoms with Crippen LogP contribution in [0.3, 0.4) is 0 Å². The Balaban J connectivity index is 1.54. The molecule has 6 nitrogen and oxygen atoms in total. The molecule has 0 radical (unpaired) electrons. The zero-order valence-electron chi connectivity index (χ0n) is 15.6. The van der Waals surface area contributed by atoms with Gasteiger partial charge in [0.1, 0.15) is 0 Å². The van der Waals surface area contributed by atoms with Crippen LogP contribution in [0.25, 0.3) is 0 Å². The average Bonchev–Trinajstić information content (AvgIpc) is 2.68. The second-order valence-corrected chi connectivity index (χ2v) is 7.25. The standard InChI is InChI=1S/C21H22ClN3O3/c1-14(26)23-19-4-2-3-16(13-19)20(27)24-18-9-11-25(12-10-18)21(28)15-5-7-17(22)8-6-15/h2-8,13,18H,9-12H2,1H3,(H,23,26)(H,24,27). The Morgan fingerprint density at radius 3 is 2.32 bits per heavy atom. The zero-order chi connectivity index (χ0) is 20.1. The molecule has 7 heteroatoms. The fourth-order valence-electron chi connectivity index (χ4n) is 3.21. The third-order valence-electron chi connectivity index (χ3n) is 4.65. The zero-order valence-corrected chi connectivity index (χ0v) is 16.3. The van der Waals surface area contributed by atoms with Crippen molar-refractivity contribution in [3.8, 4) is 0 Å². The summed E-state index contributed by atoms with van der Waals surface area (Å²) in [6, 6.07) is 13.7. The van der Waals surface area contributed by atoms with E-state index in [2.05, 4.69) is 10.6 Å². The predicted molar refractivity (Wildman–Crippen MR) is 109 cm³/mol. The van der Waals surface area contributed by atoms with Gasteiger partial charge >= 0.3 is 0 Å². The smallest absolute Gasteiger partial charge is 0.253 e. The monoisotopic (exact) mass is 399 g/mol. The second kappa shape index (κ2) is 8.89. The van der Waals surface area contributed by atoms with Crippen molar-refractivity contribution < 1.29 is 14.4 Å². The summed E-state index contributed by atoms with van der Waals surface area (Å²) in [5.41, 5.74) is 1.69. The van der Waals surface area contributed by atoms with Crippen molar-refractivity contribution in [2.24, 2.45) is 0 Å². The molecule has 3 rings (SSSR count). The van der Waals surface area contributed by atoms with Gasteiger partial charge in [0.2, 0.25) is 5.91 Å². The second-order valence-electron chi connectivity index (χ2n) is 6.81. The number of likely N-dealkylation sites (tertiary alicyclic amines) is 1. The van der Waals surface area contributed by atoms with Crippen molar-refractivity contribution in [1.82, 2.24) is 10.2 Å². The lowest BCUT2D eigenvalue weighted by Gasteiger charge is -2.32. The van der Waals surface area contributed by atoms with Gasteiger partial charge in [-0.2, -0.15) is 0 Å². The number of nitrogens with one attached hydrogen (secondary N) is 2. The highest BCUT2D eigenvalue weighted by Crippen LogP contribution is 2.17. The van der Waals surface area contributed by atoms with Gasteiger partial charge in [-0.25, -0.2) is 0 Å². The Kier molecular flexibility index (Phi) is 6.31. The van der Waals surface area contributed by atoms with E-state index in [1.54, 1.807) is 53.4 Å². The number of hydrogen-bond donors (Lipinski definition) is 2. The van der Waals surface area contributed by atoms with Crippen molar-refractivity contribution in [1.29, 1.82) is 0 Å². The summed E-state index contributed by atoms with van der Waals surface area (Å²) < 4.78 is 0. The van der Waals surface area contributed by atoms with Crippen LogP contribution < -0.4 is 10.6 Å². The topological polar surface area (TPSA) is 78.5 Å². The summed E-state index contributed by atoms with van der Waals surface area (Å²) in [4.78, 5) is 38.0. The highest BCUT2D eigenvalue weighted by Gasteiger charge is 2.25. The lowest BCUT2D eigenvalue weighted by Crippen LogP contribution is -2.46. The van der Waals surface area contributed by atoms with Crippen LogP contribution in [0.1, 0.15) is 40.5 Å². The van der Waals surface area contributed by atoms with Crippen LogP contribution in [-0.4, -0.2) is 41.8 Å². The van der Waals surface area contributed by atoms with E-state index < -0.39 is 0 Å². The van der Waals surface area contributed by atoms with Crippen molar-refractivity contribution in [3.05, 3.63) is 64.7 Å². The molecular weight excluding hydrogens is 378 g/mol. The van der Waals surface area contributed by atoms with E-state index in [1.807, 2.05) is 0 Å². The minimum absolute atomic E-state index is 0.00573. The molecule has 0 aliphatic carbocycles. The molecule has 0 saturated carbocycles. The predicted octanol–water partition coefficient (Wildman–Crippen LogP) is 3.33. The van der Waals surface area contributed by atoms with E-state index in [9.17, 15) is 14.4 Å². The number of nitrogens with zero attached hydrogens (tertiary/aromatic N) is 1. The fourth-order valence-corrected chi connectivity index (χ4v) is 3.34. The van der Waals surface area contributed by atoms with Crippen LogP contribution in [0.4, 0.5) is 5.69 Å². The Labute approximate surface area is 168 Å². The van der Waals surface area contributed by atoms with Crippen molar-refractivity contribution in [2.75, 3.05) is 18.4 Å². The van der Waals surface area contributed by atoms with Gasteiger partial charge in [0, 0.05) is 47.9 Å². The SMILES string of the molecule is CC(=O)Nc1cccc(C(=O)NC2CCN(C(=O)c3ccc(Cl)cc3)CC2)c1. The van der Waals surface area contributed by atoms with Gasteiger partial charge in [-0.1, -0.05) is 17.7 Å². The highest BCUT2D eigenvalue weighted by atomic mass is 35.5. The number of carbonyl (C=O) groups is 3. The number of anilines is 1. The normalized spacial score (nSPS) is 14.4. The molecule has 0 bridgehead atoms. The molecule has 2 N–H and O–H groups in total. The summed E-state index contributed by atoms with van der Waals surface area (Å²) in [6.45, 7) is 2.59. The van der Waals surface area contributed by atoms with Gasteiger partial charge in [0.25, 0.3) is 11.8 Å². The van der Waals surface area contributed by atoms with Crippen LogP contribution >= 0.6 is 11.6 Å². The maximum absolute atomic E-state index is 12.5. The number of carbonyl (C=O) groups excluding carboxylic acids is 3. The minimum atomic E-state index is -0.185. The van der Waals surface area contributed by atoms with E-state index in [0.29, 0.717) is 47.8 Å². The number of halogens is 1. The highest BCUT2D eigenvalue weighted by molar-refractivity contribution is 6.30. The van der Waals surface area contributed by atoms with Crippen molar-refractivity contribution in [2.45, 2.75) is 25.8 Å². The van der Waals surface area contributed by atoms with Crippen molar-refractivity contribution in [3.63, 3.8) is 0 Å². The summed E-state index contributed by atoms with van der Waals surface area (Å²) >= 11 is 5.87. The van der Waals surface area contributed by atoms with Crippen LogP contribution in [0, 0.1) is 0 Å². The van der Waals surface area contributed by atoms with Gasteiger partial charge in [-0.3, -0.25) is 14.4 Å². The molecule has 2 aromatic carbocycles. The van der Waals surface area contributed by atoms with E-state index in [-0.39, 0.29) is 23.8 Å². The quantitative estimate of drug-likeness (QED) is 0.827. The number of piperidine rings is 1. The van der Waals surface area contributed by atoms with E-state index in [0.717, 1.165) is 0 Å². The molecular formula is C21H22ClN3O3. The molecule has 1 aliphatic rings. The molecule has 0 spiro atoms. The molecule has 3 amide bonds. The molecule has 1 aliphatic heterocycles. The summed E-state index contributed by atoms with van der Waals surface area (Å²) in [5, 5.41) is 6.28. The molecule has 0 atom stereocenters. The Bertz CT molecular complexity index is 875. The number of benzene rings is 2. The number of rotatable bonds is 4. The van der Waals surface area contributed by atoms with Gasteiger partial charge in [-0.05, 0) is 55.3 Å². The molecule has 1 fully saturated rings. The van der Waals surface area contributed by atoms with E-state index in [1.165, 1.54) is 6.92 Å². The van der Waals surface area contributed by atoms with Crippen LogP contribution in [0.2, 0.25) is 5.02 Å². The van der Waals surface area contributed by atoms with Gasteiger partial charge in [0.15, 0.2) is 0 Å². The summed E-state index contributed by atoms with van der Waals surface area (Å²) in [5.74, 6) is -0.394. The van der Waals surface area contributed by atoms with Gasteiger partial charge in [-0.15, -0.1) is 0 Å². The lowest BCUT2D eigenvalue weighted by molar-refractivity contribution is -0.114. The average molecular weight is 400 g/mol. The fraction of sp³-hybridized carbons (Fsp3) is 0.286. The first kappa shape index (κ1) is 19.9. The minimum Gasteiger partial charge on any atom is -0.349 e. The first-order valence-electron chi connectivity index (χ1n) is 9.16. The van der Waals surface area contributed by atoms with Crippen LogP contribution in [0.15, 0.2) is 48.5 Å². The maximum Gasteiger partial charge on any atom is 0.253 e. The van der Waals surface area contributed by atoms with E-state index in [4.69, 9.17) is 11.6 Å². The molecule has 1 saturated heterocycles. The lowest BCUT2D eigenvalue weighted by atomic mass is 10.0. The summed E-state index contributed by atoms with van der Waals surface area (Å²) in [7, 11) is 0. The molecule has 0 unspecified atom stereocenters. The first-order valence-corrected chi connectivity index (χ1v) is 9.53. The first-order chi connectivity index (χ1) is 13.4.